The highest BCUT2D eigenvalue weighted by Crippen LogP contribution is 2.20. The molecule has 0 aromatic carbocycles. The van der Waals surface area contributed by atoms with Crippen LogP contribution in [-0.4, -0.2) is 46.5 Å². The second kappa shape index (κ2) is 6.61. The van der Waals surface area contributed by atoms with Gasteiger partial charge in [-0.3, -0.25) is 9.58 Å². The molecule has 1 aromatic rings. The maximum atomic E-state index is 8.92. The molecule has 98 valence electrons. The third-order valence-corrected chi connectivity index (χ3v) is 2.80. The fourth-order valence-corrected chi connectivity index (χ4v) is 1.88. The molecule has 0 saturated carbocycles. The molecule has 0 amide bonds. The number of likely N-dealkylation sites (N-methyl/N-ethyl adjacent to an activating group) is 1. The van der Waals surface area contributed by atoms with Crippen LogP contribution in [0.15, 0.2) is 0 Å². The Morgan fingerprint density at radius 1 is 1.47 bits per heavy atom. The summed E-state index contributed by atoms with van der Waals surface area (Å²) < 4.78 is 1.90. The maximum absolute atomic E-state index is 8.92. The van der Waals surface area contributed by atoms with Crippen molar-refractivity contribution in [2.45, 2.75) is 26.8 Å². The van der Waals surface area contributed by atoms with E-state index in [4.69, 9.17) is 5.11 Å². The highest BCUT2D eigenvalue weighted by molar-refractivity contribution is 5.47. The number of hydrogen-bond acceptors (Lipinski definition) is 4. The van der Waals surface area contributed by atoms with E-state index in [9.17, 15) is 0 Å². The number of hydrogen-bond donors (Lipinski definition) is 2. The van der Waals surface area contributed by atoms with Crippen molar-refractivity contribution >= 4 is 5.82 Å². The Labute approximate surface area is 103 Å². The standard InChI is InChI=1S/C12H24N4O/c1-5-6-13-12-11(9-15(3)7-8-17)10(2)14-16(12)4/h13,17H,5-9H2,1-4H3. The Morgan fingerprint density at radius 3 is 2.76 bits per heavy atom. The van der Waals surface area contributed by atoms with Crippen LogP contribution in [0.4, 0.5) is 5.82 Å². The minimum Gasteiger partial charge on any atom is -0.395 e. The van der Waals surface area contributed by atoms with Crippen LogP contribution >= 0.6 is 0 Å². The molecular weight excluding hydrogens is 216 g/mol. The van der Waals surface area contributed by atoms with E-state index >= 15 is 0 Å². The lowest BCUT2D eigenvalue weighted by molar-refractivity contribution is 0.217. The second-order valence-corrected chi connectivity index (χ2v) is 4.42. The summed E-state index contributed by atoms with van der Waals surface area (Å²) in [6.07, 6.45) is 1.09. The Morgan fingerprint density at radius 2 is 2.18 bits per heavy atom. The average Bonchev–Trinajstić information content (AvgIpc) is 2.52. The summed E-state index contributed by atoms with van der Waals surface area (Å²) in [5.41, 5.74) is 2.27. The van der Waals surface area contributed by atoms with Gasteiger partial charge in [0.1, 0.15) is 5.82 Å². The van der Waals surface area contributed by atoms with Gasteiger partial charge in [0.15, 0.2) is 0 Å². The van der Waals surface area contributed by atoms with Crippen LogP contribution in [0.3, 0.4) is 0 Å². The molecule has 1 aromatic heterocycles. The first-order valence-corrected chi connectivity index (χ1v) is 6.15. The average molecular weight is 240 g/mol. The Hall–Kier alpha value is -1.07. The quantitative estimate of drug-likeness (QED) is 0.746. The second-order valence-electron chi connectivity index (χ2n) is 4.42. The molecule has 5 heteroatoms. The number of rotatable bonds is 7. The molecule has 0 spiro atoms. The summed E-state index contributed by atoms with van der Waals surface area (Å²) in [4.78, 5) is 2.10. The van der Waals surface area contributed by atoms with Gasteiger partial charge in [-0.25, -0.2) is 0 Å². The van der Waals surface area contributed by atoms with E-state index in [1.807, 2.05) is 25.7 Å². The highest BCUT2D eigenvalue weighted by Gasteiger charge is 2.14. The number of aliphatic hydroxyl groups is 1. The summed E-state index contributed by atoms with van der Waals surface area (Å²) in [5.74, 6) is 1.09. The molecule has 0 aliphatic rings. The van der Waals surface area contributed by atoms with Gasteiger partial charge in [0, 0.05) is 32.2 Å². The van der Waals surface area contributed by atoms with E-state index in [1.54, 1.807) is 0 Å². The molecule has 2 N–H and O–H groups in total. The Kier molecular flexibility index (Phi) is 5.44. The molecule has 0 aliphatic heterocycles. The van der Waals surface area contributed by atoms with Gasteiger partial charge in [-0.2, -0.15) is 5.10 Å². The number of aryl methyl sites for hydroxylation is 2. The van der Waals surface area contributed by atoms with Crippen molar-refractivity contribution < 1.29 is 5.11 Å². The van der Waals surface area contributed by atoms with Crippen molar-refractivity contribution in [1.82, 2.24) is 14.7 Å². The SMILES string of the molecule is CCCNc1c(CN(C)CCO)c(C)nn1C. The zero-order chi connectivity index (χ0) is 12.8. The van der Waals surface area contributed by atoms with Crippen LogP contribution in [-0.2, 0) is 13.6 Å². The highest BCUT2D eigenvalue weighted by atomic mass is 16.3. The van der Waals surface area contributed by atoms with Gasteiger partial charge < -0.3 is 10.4 Å². The molecule has 0 radical (unpaired) electrons. The molecule has 1 rings (SSSR count). The minimum absolute atomic E-state index is 0.188. The van der Waals surface area contributed by atoms with Crippen LogP contribution in [0.1, 0.15) is 24.6 Å². The number of aromatic nitrogens is 2. The first-order valence-electron chi connectivity index (χ1n) is 6.15. The normalized spacial score (nSPS) is 11.2. The van der Waals surface area contributed by atoms with Gasteiger partial charge in [-0.1, -0.05) is 6.92 Å². The Balaban J connectivity index is 2.81. The third kappa shape index (κ3) is 3.71. The van der Waals surface area contributed by atoms with Crippen molar-refractivity contribution in [3.05, 3.63) is 11.3 Å². The molecule has 1 heterocycles. The summed E-state index contributed by atoms with van der Waals surface area (Å²) in [6, 6.07) is 0. The zero-order valence-electron chi connectivity index (χ0n) is 11.3. The molecule has 0 unspecified atom stereocenters. The maximum Gasteiger partial charge on any atom is 0.128 e. The number of nitrogens with one attached hydrogen (secondary N) is 1. The molecule has 17 heavy (non-hydrogen) atoms. The smallest absolute Gasteiger partial charge is 0.128 e. The van der Waals surface area contributed by atoms with E-state index in [0.29, 0.717) is 6.54 Å². The monoisotopic (exact) mass is 240 g/mol. The van der Waals surface area contributed by atoms with Crippen LogP contribution in [0.5, 0.6) is 0 Å². The van der Waals surface area contributed by atoms with Gasteiger partial charge in [-0.15, -0.1) is 0 Å². The van der Waals surface area contributed by atoms with Gasteiger partial charge in [0.05, 0.1) is 12.3 Å². The molecular formula is C12H24N4O. The molecule has 0 bridgehead atoms. The molecule has 0 aliphatic carbocycles. The van der Waals surface area contributed by atoms with E-state index in [1.165, 1.54) is 5.56 Å². The van der Waals surface area contributed by atoms with Gasteiger partial charge in [-0.05, 0) is 20.4 Å². The van der Waals surface area contributed by atoms with Crippen LogP contribution in [0.2, 0.25) is 0 Å². The summed E-state index contributed by atoms with van der Waals surface area (Å²) in [5, 5.41) is 16.8. The van der Waals surface area contributed by atoms with Crippen LogP contribution in [0, 0.1) is 6.92 Å². The zero-order valence-corrected chi connectivity index (χ0v) is 11.3. The van der Waals surface area contributed by atoms with Gasteiger partial charge >= 0.3 is 0 Å². The summed E-state index contributed by atoms with van der Waals surface area (Å²) in [6.45, 7) is 6.81. The summed E-state index contributed by atoms with van der Waals surface area (Å²) in [7, 11) is 3.97. The molecule has 5 nitrogen and oxygen atoms in total. The van der Waals surface area contributed by atoms with E-state index in [-0.39, 0.29) is 6.61 Å². The lowest BCUT2D eigenvalue weighted by Gasteiger charge is -2.16. The van der Waals surface area contributed by atoms with Crippen molar-refractivity contribution in [3.63, 3.8) is 0 Å². The van der Waals surface area contributed by atoms with Crippen molar-refractivity contribution in [1.29, 1.82) is 0 Å². The van der Waals surface area contributed by atoms with E-state index in [0.717, 1.165) is 31.0 Å². The fourth-order valence-electron chi connectivity index (χ4n) is 1.88. The Bertz CT molecular complexity index is 349. The molecule has 0 atom stereocenters. The van der Waals surface area contributed by atoms with E-state index in [2.05, 4.69) is 22.2 Å². The van der Waals surface area contributed by atoms with Crippen molar-refractivity contribution in [3.8, 4) is 0 Å². The van der Waals surface area contributed by atoms with Gasteiger partial charge in [0.2, 0.25) is 0 Å². The predicted octanol–water partition coefficient (Wildman–Crippen LogP) is 0.975. The third-order valence-electron chi connectivity index (χ3n) is 2.80. The summed E-state index contributed by atoms with van der Waals surface area (Å²) >= 11 is 0. The van der Waals surface area contributed by atoms with Gasteiger partial charge in [0.25, 0.3) is 0 Å². The lowest BCUT2D eigenvalue weighted by Crippen LogP contribution is -2.22. The van der Waals surface area contributed by atoms with Crippen LogP contribution in [0.25, 0.3) is 0 Å². The predicted molar refractivity (Wildman–Crippen MR) is 70.1 cm³/mol. The molecule has 0 fully saturated rings. The molecule has 0 saturated heterocycles. The first-order chi connectivity index (χ1) is 8.10. The number of aliphatic hydroxyl groups excluding tert-OH is 1. The largest absolute Gasteiger partial charge is 0.395 e. The number of anilines is 1. The minimum atomic E-state index is 0.188. The first kappa shape index (κ1) is 14.0. The van der Waals surface area contributed by atoms with Crippen molar-refractivity contribution in [2.75, 3.05) is 32.1 Å². The van der Waals surface area contributed by atoms with Crippen LogP contribution < -0.4 is 5.32 Å². The van der Waals surface area contributed by atoms with Crippen molar-refractivity contribution in [2.24, 2.45) is 7.05 Å². The van der Waals surface area contributed by atoms with E-state index < -0.39 is 0 Å². The topological polar surface area (TPSA) is 53.3 Å². The lowest BCUT2D eigenvalue weighted by atomic mass is 10.2. The fraction of sp³-hybridized carbons (Fsp3) is 0.750. The number of nitrogens with zero attached hydrogens (tertiary/aromatic N) is 3.